The van der Waals surface area contributed by atoms with Crippen LogP contribution in [0.2, 0.25) is 0 Å². The van der Waals surface area contributed by atoms with E-state index >= 15 is 0 Å². The summed E-state index contributed by atoms with van der Waals surface area (Å²) in [5.74, 6) is 2.19. The second-order valence-electron chi connectivity index (χ2n) is 5.13. The lowest BCUT2D eigenvalue weighted by atomic mass is 9.98. The van der Waals surface area contributed by atoms with Crippen molar-refractivity contribution in [3.63, 3.8) is 0 Å². The molecule has 2 heterocycles. The van der Waals surface area contributed by atoms with Crippen LogP contribution in [-0.4, -0.2) is 23.1 Å². The smallest absolute Gasteiger partial charge is 0.225 e. The van der Waals surface area contributed by atoms with E-state index in [2.05, 4.69) is 21.8 Å². The maximum Gasteiger partial charge on any atom is 0.225 e. The van der Waals surface area contributed by atoms with Crippen molar-refractivity contribution in [1.82, 2.24) is 9.97 Å². The van der Waals surface area contributed by atoms with Crippen LogP contribution in [0, 0.1) is 12.8 Å². The molecule has 3 nitrogen and oxygen atoms in total. The zero-order chi connectivity index (χ0) is 13.0. The highest BCUT2D eigenvalue weighted by Crippen LogP contribution is 2.23. The zero-order valence-electron chi connectivity index (χ0n) is 11.3. The van der Waals surface area contributed by atoms with Crippen molar-refractivity contribution in [2.24, 2.45) is 5.92 Å². The summed E-state index contributed by atoms with van der Waals surface area (Å²) in [5, 5.41) is 0. The number of nitrogens with zero attached hydrogens (tertiary/aromatic N) is 3. The zero-order valence-corrected chi connectivity index (χ0v) is 12.1. The lowest BCUT2D eigenvalue weighted by Gasteiger charge is -2.21. The molecule has 18 heavy (non-hydrogen) atoms. The highest BCUT2D eigenvalue weighted by Gasteiger charge is 2.18. The van der Waals surface area contributed by atoms with Crippen molar-refractivity contribution in [3.05, 3.63) is 17.5 Å². The van der Waals surface area contributed by atoms with Gasteiger partial charge < -0.3 is 4.90 Å². The molecule has 0 aromatic carbocycles. The lowest BCUT2D eigenvalue weighted by molar-refractivity contribution is 0.459. The topological polar surface area (TPSA) is 29.0 Å². The van der Waals surface area contributed by atoms with Crippen molar-refractivity contribution in [3.8, 4) is 0 Å². The predicted molar refractivity (Wildman–Crippen MR) is 76.2 cm³/mol. The minimum absolute atomic E-state index is 0.460. The van der Waals surface area contributed by atoms with E-state index in [9.17, 15) is 0 Å². The molecule has 0 saturated carbocycles. The molecular weight excluding hydrogens is 246 g/mol. The van der Waals surface area contributed by atoms with Gasteiger partial charge in [0.1, 0.15) is 0 Å². The van der Waals surface area contributed by atoms with Gasteiger partial charge in [-0.15, -0.1) is 11.6 Å². The molecule has 0 N–H and O–H groups in total. The van der Waals surface area contributed by atoms with Crippen molar-refractivity contribution in [1.29, 1.82) is 0 Å². The van der Waals surface area contributed by atoms with Gasteiger partial charge in [-0.25, -0.2) is 9.97 Å². The standard InChI is InChI=1S/C14H22ClN3/c1-3-12-5-4-7-18(8-6-12)14-16-11(2)9-13(10-15)17-14/h9,12H,3-8,10H2,1-2H3. The summed E-state index contributed by atoms with van der Waals surface area (Å²) in [7, 11) is 0. The Morgan fingerprint density at radius 3 is 2.89 bits per heavy atom. The van der Waals surface area contributed by atoms with E-state index in [0.29, 0.717) is 5.88 Å². The van der Waals surface area contributed by atoms with Gasteiger partial charge in [-0.1, -0.05) is 13.3 Å². The Balaban J connectivity index is 2.13. The lowest BCUT2D eigenvalue weighted by Crippen LogP contribution is -2.26. The Morgan fingerprint density at radius 2 is 2.17 bits per heavy atom. The number of halogens is 1. The van der Waals surface area contributed by atoms with Gasteiger partial charge in [-0.2, -0.15) is 0 Å². The summed E-state index contributed by atoms with van der Waals surface area (Å²) in [5.41, 5.74) is 1.93. The predicted octanol–water partition coefficient (Wildman–Crippen LogP) is 3.54. The van der Waals surface area contributed by atoms with Crippen LogP contribution < -0.4 is 4.90 Å². The first-order valence-electron chi connectivity index (χ1n) is 6.88. The second-order valence-corrected chi connectivity index (χ2v) is 5.39. The van der Waals surface area contributed by atoms with Crippen molar-refractivity contribution < 1.29 is 0 Å². The summed E-state index contributed by atoms with van der Waals surface area (Å²) in [6.07, 6.45) is 5.12. The molecule has 1 aromatic rings. The van der Waals surface area contributed by atoms with Gasteiger partial charge >= 0.3 is 0 Å². The minimum atomic E-state index is 0.460. The summed E-state index contributed by atoms with van der Waals surface area (Å²) in [6, 6.07) is 1.96. The van der Waals surface area contributed by atoms with E-state index in [1.807, 2.05) is 13.0 Å². The van der Waals surface area contributed by atoms with Crippen LogP contribution in [0.1, 0.15) is 44.0 Å². The first-order chi connectivity index (χ1) is 8.72. The summed E-state index contributed by atoms with van der Waals surface area (Å²) < 4.78 is 0. The molecular formula is C14H22ClN3. The molecule has 1 aliphatic rings. The van der Waals surface area contributed by atoms with Crippen LogP contribution in [-0.2, 0) is 5.88 Å². The molecule has 1 saturated heterocycles. The van der Waals surface area contributed by atoms with Crippen LogP contribution in [0.15, 0.2) is 6.07 Å². The quantitative estimate of drug-likeness (QED) is 0.785. The fraction of sp³-hybridized carbons (Fsp3) is 0.714. The summed E-state index contributed by atoms with van der Waals surface area (Å²) in [6.45, 7) is 6.44. The molecule has 0 aliphatic carbocycles. The third kappa shape index (κ3) is 3.35. The van der Waals surface area contributed by atoms with Crippen LogP contribution in [0.4, 0.5) is 5.95 Å². The van der Waals surface area contributed by atoms with Crippen LogP contribution in [0.25, 0.3) is 0 Å². The molecule has 1 fully saturated rings. The molecule has 0 amide bonds. The molecule has 2 rings (SSSR count). The Hall–Kier alpha value is -0.830. The van der Waals surface area contributed by atoms with Crippen LogP contribution in [0.5, 0.6) is 0 Å². The van der Waals surface area contributed by atoms with Gasteiger partial charge in [0.05, 0.1) is 11.6 Å². The van der Waals surface area contributed by atoms with E-state index in [-0.39, 0.29) is 0 Å². The average molecular weight is 268 g/mol. The fourth-order valence-corrected chi connectivity index (χ4v) is 2.74. The highest BCUT2D eigenvalue weighted by molar-refractivity contribution is 6.16. The van der Waals surface area contributed by atoms with E-state index in [4.69, 9.17) is 11.6 Å². The highest BCUT2D eigenvalue weighted by atomic mass is 35.5. The molecule has 0 spiro atoms. The molecule has 0 bridgehead atoms. The molecule has 1 atom stereocenters. The van der Waals surface area contributed by atoms with E-state index in [1.165, 1.54) is 25.7 Å². The molecule has 1 aliphatic heterocycles. The number of anilines is 1. The third-order valence-corrected chi connectivity index (χ3v) is 4.01. The summed E-state index contributed by atoms with van der Waals surface area (Å²) >= 11 is 5.88. The number of hydrogen-bond donors (Lipinski definition) is 0. The number of aryl methyl sites for hydroxylation is 1. The van der Waals surface area contributed by atoms with E-state index in [0.717, 1.165) is 36.3 Å². The molecule has 1 aromatic heterocycles. The SMILES string of the molecule is CCC1CCCN(c2nc(C)cc(CCl)n2)CC1. The van der Waals surface area contributed by atoms with Crippen molar-refractivity contribution in [2.45, 2.75) is 45.4 Å². The number of alkyl halides is 1. The van der Waals surface area contributed by atoms with Gasteiger partial charge in [0.15, 0.2) is 0 Å². The first-order valence-corrected chi connectivity index (χ1v) is 7.42. The number of rotatable bonds is 3. The van der Waals surface area contributed by atoms with Crippen molar-refractivity contribution in [2.75, 3.05) is 18.0 Å². The number of hydrogen-bond acceptors (Lipinski definition) is 3. The maximum atomic E-state index is 5.88. The first kappa shape index (κ1) is 13.6. The van der Waals surface area contributed by atoms with Gasteiger partial charge in [-0.05, 0) is 38.2 Å². The van der Waals surface area contributed by atoms with Gasteiger partial charge in [-0.3, -0.25) is 0 Å². The fourth-order valence-electron chi connectivity index (χ4n) is 2.60. The molecule has 100 valence electrons. The Morgan fingerprint density at radius 1 is 1.33 bits per heavy atom. The van der Waals surface area contributed by atoms with Gasteiger partial charge in [0.25, 0.3) is 0 Å². The average Bonchev–Trinajstić information content (AvgIpc) is 2.63. The monoisotopic (exact) mass is 267 g/mol. The van der Waals surface area contributed by atoms with Crippen molar-refractivity contribution >= 4 is 17.5 Å². The third-order valence-electron chi connectivity index (χ3n) is 3.74. The minimum Gasteiger partial charge on any atom is -0.341 e. The Bertz CT molecular complexity index is 395. The Labute approximate surface area is 115 Å². The van der Waals surface area contributed by atoms with Gasteiger partial charge in [0, 0.05) is 18.8 Å². The van der Waals surface area contributed by atoms with Crippen LogP contribution in [0.3, 0.4) is 0 Å². The summed E-state index contributed by atoms with van der Waals surface area (Å²) in [4.78, 5) is 11.4. The molecule has 1 unspecified atom stereocenters. The molecule has 0 radical (unpaired) electrons. The van der Waals surface area contributed by atoms with Crippen LogP contribution >= 0.6 is 11.6 Å². The van der Waals surface area contributed by atoms with E-state index in [1.54, 1.807) is 0 Å². The van der Waals surface area contributed by atoms with E-state index < -0.39 is 0 Å². The largest absolute Gasteiger partial charge is 0.341 e. The Kier molecular flexibility index (Phi) is 4.81. The number of aromatic nitrogens is 2. The second kappa shape index (κ2) is 6.37. The normalized spacial score (nSPS) is 20.8. The van der Waals surface area contributed by atoms with Gasteiger partial charge in [0.2, 0.25) is 5.95 Å². The molecule has 4 heteroatoms. The maximum absolute atomic E-state index is 5.88.